The van der Waals surface area contributed by atoms with Crippen molar-refractivity contribution in [2.24, 2.45) is 5.92 Å². The van der Waals surface area contributed by atoms with Gasteiger partial charge in [0.15, 0.2) is 0 Å². The first-order valence-electron chi connectivity index (χ1n) is 13.5. The molecule has 0 radical (unpaired) electrons. The highest BCUT2D eigenvalue weighted by Crippen LogP contribution is 2.39. The second-order valence-electron chi connectivity index (χ2n) is 11.0. The molecule has 2 aliphatic carbocycles. The van der Waals surface area contributed by atoms with E-state index < -0.39 is 24.5 Å². The van der Waals surface area contributed by atoms with Crippen LogP contribution in [0.1, 0.15) is 80.1 Å². The van der Waals surface area contributed by atoms with Crippen LogP contribution in [0.25, 0.3) is 0 Å². The van der Waals surface area contributed by atoms with E-state index in [9.17, 15) is 27.6 Å². The van der Waals surface area contributed by atoms with E-state index in [4.69, 9.17) is 0 Å². The fourth-order valence-corrected chi connectivity index (χ4v) is 6.25. The molecule has 3 amide bonds. The van der Waals surface area contributed by atoms with Crippen molar-refractivity contribution in [2.45, 2.75) is 95.1 Å². The van der Waals surface area contributed by atoms with Crippen LogP contribution in [0.2, 0.25) is 0 Å². The number of alkyl halides is 3. The standard InChI is InChI=1S/C27H35F3N4O3/c28-27(29,30)13-14-31-18-7-9-19(10-8-18)33(15-17-3-1-4-17)22-6-2-5-20-21(22)16-34(26(20)37)23-11-12-24(35)32-25(23)36/h2,5-6,17-19,23,31H,1,3-4,7-16H2,(H,32,35,36). The highest BCUT2D eigenvalue weighted by Gasteiger charge is 2.41. The maximum atomic E-state index is 13.3. The Morgan fingerprint density at radius 2 is 1.78 bits per heavy atom. The Kier molecular flexibility index (Phi) is 7.47. The molecule has 3 fully saturated rings. The first-order chi connectivity index (χ1) is 17.7. The highest BCUT2D eigenvalue weighted by atomic mass is 19.4. The van der Waals surface area contributed by atoms with Gasteiger partial charge in [0.05, 0.1) is 6.42 Å². The van der Waals surface area contributed by atoms with E-state index in [-0.39, 0.29) is 36.9 Å². The summed E-state index contributed by atoms with van der Waals surface area (Å²) in [4.78, 5) is 41.5. The van der Waals surface area contributed by atoms with Crippen molar-refractivity contribution in [3.63, 3.8) is 0 Å². The normalized spacial score (nSPS) is 26.6. The van der Waals surface area contributed by atoms with Crippen molar-refractivity contribution >= 4 is 23.4 Å². The molecule has 1 atom stereocenters. The molecule has 0 aromatic heterocycles. The molecule has 1 saturated heterocycles. The molecule has 0 bridgehead atoms. The maximum Gasteiger partial charge on any atom is 0.390 e. The third-order valence-electron chi connectivity index (χ3n) is 8.53. The van der Waals surface area contributed by atoms with Gasteiger partial charge in [-0.1, -0.05) is 12.5 Å². The number of carbonyl (C=O) groups excluding carboxylic acids is 3. The molecule has 10 heteroatoms. The van der Waals surface area contributed by atoms with Crippen LogP contribution < -0.4 is 15.5 Å². The van der Waals surface area contributed by atoms with Crippen molar-refractivity contribution in [1.29, 1.82) is 0 Å². The molecular weight excluding hydrogens is 485 g/mol. The van der Waals surface area contributed by atoms with E-state index in [1.54, 1.807) is 4.90 Å². The quantitative estimate of drug-likeness (QED) is 0.508. The fraction of sp³-hybridized carbons (Fsp3) is 0.667. The van der Waals surface area contributed by atoms with E-state index in [0.29, 0.717) is 24.4 Å². The summed E-state index contributed by atoms with van der Waals surface area (Å²) in [5, 5.41) is 5.45. The summed E-state index contributed by atoms with van der Waals surface area (Å²) >= 11 is 0. The van der Waals surface area contributed by atoms with Gasteiger partial charge in [0, 0.05) is 55.0 Å². The fourth-order valence-electron chi connectivity index (χ4n) is 6.25. The van der Waals surface area contributed by atoms with Gasteiger partial charge < -0.3 is 15.1 Å². The third-order valence-corrected chi connectivity index (χ3v) is 8.53. The number of hydrogen-bond donors (Lipinski definition) is 2. The average molecular weight is 521 g/mol. The van der Waals surface area contributed by atoms with Gasteiger partial charge >= 0.3 is 6.18 Å². The molecule has 5 rings (SSSR count). The van der Waals surface area contributed by atoms with Gasteiger partial charge in [0.1, 0.15) is 6.04 Å². The van der Waals surface area contributed by atoms with Crippen molar-refractivity contribution < 1.29 is 27.6 Å². The number of nitrogens with zero attached hydrogens (tertiary/aromatic N) is 2. The van der Waals surface area contributed by atoms with Gasteiger partial charge in [-0.2, -0.15) is 13.2 Å². The number of anilines is 1. The average Bonchev–Trinajstić information content (AvgIpc) is 3.15. The number of imide groups is 1. The second-order valence-corrected chi connectivity index (χ2v) is 11.0. The van der Waals surface area contributed by atoms with Crippen LogP contribution in [0.15, 0.2) is 18.2 Å². The van der Waals surface area contributed by atoms with E-state index in [0.717, 1.165) is 43.5 Å². The molecule has 2 aliphatic heterocycles. The summed E-state index contributed by atoms with van der Waals surface area (Å²) in [7, 11) is 0. The second kappa shape index (κ2) is 10.6. The zero-order chi connectivity index (χ0) is 26.2. The SMILES string of the molecule is O=C1CCC(N2Cc3c(cccc3N(CC3CCC3)C3CCC(NCCC(F)(F)F)CC3)C2=O)C(=O)N1. The first-order valence-corrected chi connectivity index (χ1v) is 13.5. The number of hydrogen-bond acceptors (Lipinski definition) is 5. The van der Waals surface area contributed by atoms with E-state index in [2.05, 4.69) is 21.6 Å². The van der Waals surface area contributed by atoms with Gasteiger partial charge in [-0.05, 0) is 63.0 Å². The van der Waals surface area contributed by atoms with E-state index in [1.807, 2.05) is 12.1 Å². The number of fused-ring (bicyclic) bond motifs is 1. The molecule has 2 heterocycles. The van der Waals surface area contributed by atoms with Crippen LogP contribution in [0.5, 0.6) is 0 Å². The largest absolute Gasteiger partial charge is 0.390 e. The molecule has 37 heavy (non-hydrogen) atoms. The highest BCUT2D eigenvalue weighted by molar-refractivity contribution is 6.06. The Labute approximate surface area is 215 Å². The van der Waals surface area contributed by atoms with Crippen LogP contribution in [0.3, 0.4) is 0 Å². The molecule has 2 saturated carbocycles. The molecule has 0 spiro atoms. The predicted octanol–water partition coefficient (Wildman–Crippen LogP) is 3.91. The number of benzene rings is 1. The summed E-state index contributed by atoms with van der Waals surface area (Å²) in [5.41, 5.74) is 2.58. The van der Waals surface area contributed by atoms with E-state index in [1.165, 1.54) is 19.3 Å². The molecule has 4 aliphatic rings. The number of carbonyl (C=O) groups is 3. The number of nitrogens with one attached hydrogen (secondary N) is 2. The number of rotatable bonds is 8. The Balaban J connectivity index is 1.31. The lowest BCUT2D eigenvalue weighted by molar-refractivity contribution is -0.137. The van der Waals surface area contributed by atoms with Crippen molar-refractivity contribution in [3.05, 3.63) is 29.3 Å². The van der Waals surface area contributed by atoms with Crippen LogP contribution >= 0.6 is 0 Å². The topological polar surface area (TPSA) is 81.8 Å². The van der Waals surface area contributed by atoms with E-state index >= 15 is 0 Å². The summed E-state index contributed by atoms with van der Waals surface area (Å²) in [5.74, 6) is -0.294. The summed E-state index contributed by atoms with van der Waals surface area (Å²) in [6, 6.07) is 5.48. The Morgan fingerprint density at radius 3 is 2.43 bits per heavy atom. The molecule has 2 N–H and O–H groups in total. The zero-order valence-corrected chi connectivity index (χ0v) is 21.0. The molecule has 1 unspecified atom stereocenters. The smallest absolute Gasteiger partial charge is 0.368 e. The molecule has 202 valence electrons. The van der Waals surface area contributed by atoms with Gasteiger partial charge in [0.25, 0.3) is 5.91 Å². The predicted molar refractivity (Wildman–Crippen MR) is 132 cm³/mol. The molecule has 1 aromatic rings. The van der Waals surface area contributed by atoms with Crippen LogP contribution in [0, 0.1) is 5.92 Å². The maximum absolute atomic E-state index is 13.3. The monoisotopic (exact) mass is 520 g/mol. The summed E-state index contributed by atoms with van der Waals surface area (Å²) in [6.07, 6.45) is 2.58. The zero-order valence-electron chi connectivity index (χ0n) is 21.0. The lowest BCUT2D eigenvalue weighted by Crippen LogP contribution is -2.52. The third kappa shape index (κ3) is 5.78. The van der Waals surface area contributed by atoms with Crippen molar-refractivity contribution in [1.82, 2.24) is 15.5 Å². The minimum Gasteiger partial charge on any atom is -0.368 e. The molecule has 7 nitrogen and oxygen atoms in total. The molecular formula is C27H35F3N4O3. The minimum absolute atomic E-state index is 0.0465. The Hall–Kier alpha value is -2.62. The Morgan fingerprint density at radius 1 is 1.03 bits per heavy atom. The van der Waals surface area contributed by atoms with Gasteiger partial charge in [0.2, 0.25) is 11.8 Å². The van der Waals surface area contributed by atoms with Gasteiger partial charge in [-0.25, -0.2) is 0 Å². The summed E-state index contributed by atoms with van der Waals surface area (Å²) in [6.45, 7) is 1.20. The number of halogens is 3. The van der Waals surface area contributed by atoms with Crippen molar-refractivity contribution in [2.75, 3.05) is 18.0 Å². The first kappa shape index (κ1) is 26.0. The number of amides is 3. The lowest BCUT2D eigenvalue weighted by atomic mass is 9.83. The van der Waals surface area contributed by atoms with Gasteiger partial charge in [-0.15, -0.1) is 0 Å². The number of piperidine rings is 1. The minimum atomic E-state index is -4.14. The van der Waals surface area contributed by atoms with Crippen LogP contribution in [-0.4, -0.2) is 60.0 Å². The van der Waals surface area contributed by atoms with Crippen molar-refractivity contribution in [3.8, 4) is 0 Å². The summed E-state index contributed by atoms with van der Waals surface area (Å²) < 4.78 is 37.6. The molecule has 1 aromatic carbocycles. The Bertz CT molecular complexity index is 1030. The van der Waals surface area contributed by atoms with Gasteiger partial charge in [-0.3, -0.25) is 19.7 Å². The van der Waals surface area contributed by atoms with Crippen LogP contribution in [-0.2, 0) is 16.1 Å². The lowest BCUT2D eigenvalue weighted by Gasteiger charge is -2.43. The van der Waals surface area contributed by atoms with Crippen LogP contribution in [0.4, 0.5) is 18.9 Å².